The zero-order chi connectivity index (χ0) is 13.6. The Morgan fingerprint density at radius 2 is 1.37 bits per heavy atom. The summed E-state index contributed by atoms with van der Waals surface area (Å²) in [5, 5.41) is 3.92. The Morgan fingerprint density at radius 3 is 2.05 bits per heavy atom. The monoisotopic (exact) mass is 263 g/mol. The second kappa shape index (κ2) is 5.39. The van der Waals surface area contributed by atoms with Crippen LogP contribution in [0.3, 0.4) is 0 Å². The topological polar surface area (TPSA) is 12.0 Å². The van der Waals surface area contributed by atoms with E-state index >= 15 is 0 Å². The predicted octanol–water partition coefficient (Wildman–Crippen LogP) is 4.33. The van der Waals surface area contributed by atoms with E-state index in [4.69, 9.17) is 0 Å². The summed E-state index contributed by atoms with van der Waals surface area (Å²) in [6.45, 7) is 11.4. The van der Waals surface area contributed by atoms with E-state index in [1.807, 2.05) is 0 Å². The van der Waals surface area contributed by atoms with Crippen LogP contribution in [0.15, 0.2) is 0 Å². The SMILES string of the molecule is CC1C(C)C(C)C(C2CCCC3CCCNC32)C1C. The van der Waals surface area contributed by atoms with E-state index in [1.165, 1.54) is 38.6 Å². The van der Waals surface area contributed by atoms with Crippen molar-refractivity contribution >= 4 is 0 Å². The van der Waals surface area contributed by atoms with Gasteiger partial charge in [-0.2, -0.15) is 0 Å². The van der Waals surface area contributed by atoms with Crippen molar-refractivity contribution < 1.29 is 0 Å². The molecule has 0 aromatic carbocycles. The van der Waals surface area contributed by atoms with Gasteiger partial charge < -0.3 is 5.32 Å². The molecule has 1 N–H and O–H groups in total. The van der Waals surface area contributed by atoms with Gasteiger partial charge in [0, 0.05) is 6.04 Å². The van der Waals surface area contributed by atoms with Gasteiger partial charge in [0.05, 0.1) is 0 Å². The lowest BCUT2D eigenvalue weighted by molar-refractivity contribution is 0.0680. The van der Waals surface area contributed by atoms with E-state index in [-0.39, 0.29) is 0 Å². The second-order valence-corrected chi connectivity index (χ2v) is 7.99. The molecule has 19 heavy (non-hydrogen) atoms. The van der Waals surface area contributed by atoms with Crippen molar-refractivity contribution in [1.29, 1.82) is 0 Å². The molecule has 7 unspecified atom stereocenters. The molecule has 0 bridgehead atoms. The van der Waals surface area contributed by atoms with Crippen molar-refractivity contribution in [3.05, 3.63) is 0 Å². The maximum atomic E-state index is 3.92. The first-order valence-electron chi connectivity index (χ1n) is 8.84. The number of piperidine rings is 1. The highest BCUT2D eigenvalue weighted by molar-refractivity contribution is 5.00. The first-order valence-corrected chi connectivity index (χ1v) is 8.84. The smallest absolute Gasteiger partial charge is 0.0126 e. The minimum atomic E-state index is 0.856. The summed E-state index contributed by atoms with van der Waals surface area (Å²) >= 11 is 0. The molecule has 0 radical (unpaired) electrons. The molecule has 1 aliphatic heterocycles. The molecule has 0 aromatic heterocycles. The summed E-state index contributed by atoms with van der Waals surface area (Å²) in [4.78, 5) is 0. The Balaban J connectivity index is 1.80. The molecule has 110 valence electrons. The van der Waals surface area contributed by atoms with Gasteiger partial charge in [-0.1, -0.05) is 34.1 Å². The van der Waals surface area contributed by atoms with Crippen molar-refractivity contribution in [3.63, 3.8) is 0 Å². The van der Waals surface area contributed by atoms with E-state index in [1.54, 1.807) is 0 Å². The molecular weight excluding hydrogens is 230 g/mol. The van der Waals surface area contributed by atoms with Crippen LogP contribution in [0.1, 0.15) is 59.8 Å². The Kier molecular flexibility index (Phi) is 3.95. The van der Waals surface area contributed by atoms with E-state index in [2.05, 4.69) is 33.0 Å². The summed E-state index contributed by atoms with van der Waals surface area (Å²) in [5.74, 6) is 6.64. The third kappa shape index (κ3) is 2.26. The van der Waals surface area contributed by atoms with Gasteiger partial charge in [-0.3, -0.25) is 0 Å². The van der Waals surface area contributed by atoms with Crippen molar-refractivity contribution in [2.45, 2.75) is 65.8 Å². The summed E-state index contributed by atoms with van der Waals surface area (Å²) in [7, 11) is 0. The third-order valence-electron chi connectivity index (χ3n) is 7.41. The average molecular weight is 263 g/mol. The lowest BCUT2D eigenvalue weighted by Gasteiger charge is -2.46. The van der Waals surface area contributed by atoms with Gasteiger partial charge in [-0.05, 0) is 73.7 Å². The number of fused-ring (bicyclic) bond motifs is 1. The molecule has 2 saturated carbocycles. The fourth-order valence-corrected chi connectivity index (χ4v) is 5.95. The van der Waals surface area contributed by atoms with Crippen LogP contribution >= 0.6 is 0 Å². The molecule has 0 amide bonds. The molecule has 7 atom stereocenters. The standard InChI is InChI=1S/C18H33N/c1-11-12(2)14(4)17(13(11)3)16-9-5-7-15-8-6-10-19-18(15)16/h11-19H,5-10H2,1-4H3. The van der Waals surface area contributed by atoms with Crippen LogP contribution < -0.4 is 5.32 Å². The van der Waals surface area contributed by atoms with Gasteiger partial charge >= 0.3 is 0 Å². The fourth-order valence-electron chi connectivity index (χ4n) is 5.95. The molecule has 3 rings (SSSR count). The molecule has 1 heterocycles. The zero-order valence-corrected chi connectivity index (χ0v) is 13.4. The first kappa shape index (κ1) is 13.9. The van der Waals surface area contributed by atoms with E-state index < -0.39 is 0 Å². The first-order chi connectivity index (χ1) is 9.11. The lowest BCUT2D eigenvalue weighted by atomic mass is 9.64. The van der Waals surface area contributed by atoms with Crippen LogP contribution in [0, 0.1) is 41.4 Å². The van der Waals surface area contributed by atoms with Crippen LogP contribution in [0.4, 0.5) is 0 Å². The highest BCUT2D eigenvalue weighted by Crippen LogP contribution is 2.52. The normalized spacial score (nSPS) is 54.9. The number of hydrogen-bond acceptors (Lipinski definition) is 1. The molecule has 1 nitrogen and oxygen atoms in total. The van der Waals surface area contributed by atoms with E-state index in [9.17, 15) is 0 Å². The van der Waals surface area contributed by atoms with Gasteiger partial charge in [0.2, 0.25) is 0 Å². The maximum absolute atomic E-state index is 3.92. The highest BCUT2D eigenvalue weighted by atomic mass is 14.9. The van der Waals surface area contributed by atoms with Crippen LogP contribution in [0.25, 0.3) is 0 Å². The Labute approximate surface area is 119 Å². The average Bonchev–Trinajstić information content (AvgIpc) is 2.63. The minimum absolute atomic E-state index is 0.856. The molecule has 3 aliphatic rings. The van der Waals surface area contributed by atoms with Gasteiger partial charge in [-0.25, -0.2) is 0 Å². The Bertz CT molecular complexity index is 297. The van der Waals surface area contributed by atoms with Crippen LogP contribution in [-0.4, -0.2) is 12.6 Å². The Hall–Kier alpha value is -0.0400. The molecular formula is C18H33N. The lowest BCUT2D eigenvalue weighted by Crippen LogP contribution is -2.51. The maximum Gasteiger partial charge on any atom is 0.0126 e. The molecule has 1 saturated heterocycles. The predicted molar refractivity (Wildman–Crippen MR) is 82.0 cm³/mol. The van der Waals surface area contributed by atoms with Gasteiger partial charge in [0.25, 0.3) is 0 Å². The molecule has 2 aliphatic carbocycles. The van der Waals surface area contributed by atoms with Crippen molar-refractivity contribution in [1.82, 2.24) is 5.32 Å². The van der Waals surface area contributed by atoms with Crippen LogP contribution in [-0.2, 0) is 0 Å². The quantitative estimate of drug-likeness (QED) is 0.742. The van der Waals surface area contributed by atoms with Gasteiger partial charge in [0.15, 0.2) is 0 Å². The molecule has 0 aromatic rings. The largest absolute Gasteiger partial charge is 0.313 e. The molecule has 3 fully saturated rings. The number of nitrogens with one attached hydrogen (secondary N) is 1. The number of hydrogen-bond donors (Lipinski definition) is 1. The summed E-state index contributed by atoms with van der Waals surface area (Å²) < 4.78 is 0. The van der Waals surface area contributed by atoms with E-state index in [0.717, 1.165) is 47.5 Å². The van der Waals surface area contributed by atoms with Crippen molar-refractivity contribution in [2.75, 3.05) is 6.54 Å². The van der Waals surface area contributed by atoms with Crippen LogP contribution in [0.2, 0.25) is 0 Å². The molecule has 0 spiro atoms. The zero-order valence-electron chi connectivity index (χ0n) is 13.4. The summed E-state index contributed by atoms with van der Waals surface area (Å²) in [6, 6.07) is 0.856. The minimum Gasteiger partial charge on any atom is -0.313 e. The third-order valence-corrected chi connectivity index (χ3v) is 7.41. The number of rotatable bonds is 1. The van der Waals surface area contributed by atoms with Crippen molar-refractivity contribution in [2.24, 2.45) is 41.4 Å². The van der Waals surface area contributed by atoms with Gasteiger partial charge in [0.1, 0.15) is 0 Å². The van der Waals surface area contributed by atoms with E-state index in [0.29, 0.717) is 0 Å². The Morgan fingerprint density at radius 1 is 0.737 bits per heavy atom. The summed E-state index contributed by atoms with van der Waals surface area (Å²) in [5.41, 5.74) is 0. The second-order valence-electron chi connectivity index (χ2n) is 7.99. The summed E-state index contributed by atoms with van der Waals surface area (Å²) in [6.07, 6.45) is 7.39. The van der Waals surface area contributed by atoms with Crippen molar-refractivity contribution in [3.8, 4) is 0 Å². The van der Waals surface area contributed by atoms with Gasteiger partial charge in [-0.15, -0.1) is 0 Å². The van der Waals surface area contributed by atoms with Crippen LogP contribution in [0.5, 0.6) is 0 Å². The highest BCUT2D eigenvalue weighted by Gasteiger charge is 2.49. The fraction of sp³-hybridized carbons (Fsp3) is 1.00. The molecule has 1 heteroatoms.